The summed E-state index contributed by atoms with van der Waals surface area (Å²) in [6.07, 6.45) is 4.11. The molecule has 0 aliphatic carbocycles. The van der Waals surface area contributed by atoms with Crippen molar-refractivity contribution >= 4 is 42.1 Å². The molecule has 2 unspecified atom stereocenters. The SMILES string of the molecule is Cl.Cl.O=C(Nc1ccc(NCC2CCCO2)c(F)c1)C1CCCNC1. The smallest absolute Gasteiger partial charge is 0.228 e. The van der Waals surface area contributed by atoms with Crippen LogP contribution in [0.3, 0.4) is 0 Å². The van der Waals surface area contributed by atoms with Gasteiger partial charge in [-0.3, -0.25) is 4.79 Å². The molecular weight excluding hydrogens is 368 g/mol. The largest absolute Gasteiger partial charge is 0.380 e. The maximum Gasteiger partial charge on any atom is 0.228 e. The van der Waals surface area contributed by atoms with Crippen LogP contribution in [-0.2, 0) is 9.53 Å². The highest BCUT2D eigenvalue weighted by molar-refractivity contribution is 5.93. The number of hydrogen-bond donors (Lipinski definition) is 3. The number of halogens is 3. The predicted octanol–water partition coefficient (Wildman–Crippen LogP) is 3.20. The van der Waals surface area contributed by atoms with Gasteiger partial charge < -0.3 is 20.7 Å². The Hall–Kier alpha value is -1.08. The number of carbonyl (C=O) groups is 1. The Labute approximate surface area is 160 Å². The number of piperidine rings is 1. The van der Waals surface area contributed by atoms with E-state index in [0.29, 0.717) is 24.5 Å². The van der Waals surface area contributed by atoms with Gasteiger partial charge in [-0.05, 0) is 50.4 Å². The molecule has 2 heterocycles. The molecular formula is C17H26Cl2FN3O2. The summed E-state index contributed by atoms with van der Waals surface area (Å²) >= 11 is 0. The summed E-state index contributed by atoms with van der Waals surface area (Å²) in [6.45, 7) is 3.05. The van der Waals surface area contributed by atoms with Gasteiger partial charge in [0, 0.05) is 25.4 Å². The van der Waals surface area contributed by atoms with E-state index in [1.807, 2.05) is 0 Å². The van der Waals surface area contributed by atoms with Crippen molar-refractivity contribution in [3.63, 3.8) is 0 Å². The Bertz CT molecular complexity index is 551. The summed E-state index contributed by atoms with van der Waals surface area (Å²) in [5, 5.41) is 9.09. The third-order valence-electron chi connectivity index (χ3n) is 4.45. The summed E-state index contributed by atoms with van der Waals surface area (Å²) < 4.78 is 19.7. The van der Waals surface area contributed by atoms with Crippen LogP contribution >= 0.6 is 24.8 Å². The van der Waals surface area contributed by atoms with Crippen molar-refractivity contribution in [1.29, 1.82) is 0 Å². The van der Waals surface area contributed by atoms with Gasteiger partial charge in [-0.1, -0.05) is 0 Å². The number of carbonyl (C=O) groups excluding carboxylic acids is 1. The summed E-state index contributed by atoms with van der Waals surface area (Å²) in [7, 11) is 0. The van der Waals surface area contributed by atoms with Gasteiger partial charge in [0.15, 0.2) is 0 Å². The monoisotopic (exact) mass is 393 g/mol. The summed E-state index contributed by atoms with van der Waals surface area (Å²) in [5.74, 6) is -0.441. The highest BCUT2D eigenvalue weighted by Gasteiger charge is 2.21. The number of ether oxygens (including phenoxy) is 1. The molecule has 0 saturated carbocycles. The minimum atomic E-state index is -0.359. The van der Waals surface area contributed by atoms with Gasteiger partial charge in [0.2, 0.25) is 5.91 Å². The highest BCUT2D eigenvalue weighted by Crippen LogP contribution is 2.21. The first-order chi connectivity index (χ1) is 11.2. The minimum absolute atomic E-state index is 0. The van der Waals surface area contributed by atoms with Crippen molar-refractivity contribution in [2.24, 2.45) is 5.92 Å². The third kappa shape index (κ3) is 6.29. The van der Waals surface area contributed by atoms with Gasteiger partial charge in [0.05, 0.1) is 17.7 Å². The molecule has 25 heavy (non-hydrogen) atoms. The van der Waals surface area contributed by atoms with E-state index in [-0.39, 0.29) is 48.6 Å². The molecule has 0 bridgehead atoms. The van der Waals surface area contributed by atoms with Crippen LogP contribution < -0.4 is 16.0 Å². The molecule has 1 aromatic carbocycles. The molecule has 2 aliphatic rings. The van der Waals surface area contributed by atoms with Crippen molar-refractivity contribution in [2.45, 2.75) is 31.8 Å². The molecule has 0 radical (unpaired) electrons. The zero-order valence-electron chi connectivity index (χ0n) is 14.1. The fourth-order valence-corrected chi connectivity index (χ4v) is 3.09. The van der Waals surface area contributed by atoms with Gasteiger partial charge in [-0.15, -0.1) is 24.8 Å². The van der Waals surface area contributed by atoms with Crippen molar-refractivity contribution in [1.82, 2.24) is 5.32 Å². The van der Waals surface area contributed by atoms with E-state index >= 15 is 0 Å². The second-order valence-electron chi connectivity index (χ2n) is 6.24. The quantitative estimate of drug-likeness (QED) is 0.718. The molecule has 8 heteroatoms. The fraction of sp³-hybridized carbons (Fsp3) is 0.588. The number of rotatable bonds is 5. The topological polar surface area (TPSA) is 62.4 Å². The third-order valence-corrected chi connectivity index (χ3v) is 4.45. The first kappa shape index (κ1) is 22.0. The molecule has 3 rings (SSSR count). The summed E-state index contributed by atoms with van der Waals surface area (Å²) in [6, 6.07) is 4.76. The molecule has 0 aromatic heterocycles. The molecule has 2 aliphatic heterocycles. The lowest BCUT2D eigenvalue weighted by Crippen LogP contribution is -2.37. The molecule has 2 saturated heterocycles. The van der Waals surface area contributed by atoms with Gasteiger partial charge in [-0.25, -0.2) is 4.39 Å². The average molecular weight is 394 g/mol. The molecule has 0 spiro atoms. The van der Waals surface area contributed by atoms with Gasteiger partial charge in [0.25, 0.3) is 0 Å². The van der Waals surface area contributed by atoms with Gasteiger partial charge in [-0.2, -0.15) is 0 Å². The van der Waals surface area contributed by atoms with Crippen LogP contribution in [0.4, 0.5) is 15.8 Å². The van der Waals surface area contributed by atoms with E-state index in [9.17, 15) is 9.18 Å². The predicted molar refractivity (Wildman–Crippen MR) is 103 cm³/mol. The molecule has 5 nitrogen and oxygen atoms in total. The number of anilines is 2. The van der Waals surface area contributed by atoms with E-state index < -0.39 is 0 Å². The van der Waals surface area contributed by atoms with Crippen molar-refractivity contribution in [3.05, 3.63) is 24.0 Å². The molecule has 2 atom stereocenters. The van der Waals surface area contributed by atoms with Crippen LogP contribution in [0, 0.1) is 11.7 Å². The lowest BCUT2D eigenvalue weighted by atomic mass is 9.99. The number of benzene rings is 1. The molecule has 1 amide bonds. The highest BCUT2D eigenvalue weighted by atomic mass is 35.5. The lowest BCUT2D eigenvalue weighted by Gasteiger charge is -2.22. The summed E-state index contributed by atoms with van der Waals surface area (Å²) in [5.41, 5.74) is 0.943. The van der Waals surface area contributed by atoms with Gasteiger partial charge >= 0.3 is 0 Å². The normalized spacial score (nSPS) is 22.4. The molecule has 142 valence electrons. The molecule has 3 N–H and O–H groups in total. The Morgan fingerprint density at radius 2 is 2.12 bits per heavy atom. The van der Waals surface area contributed by atoms with Crippen LogP contribution in [0.2, 0.25) is 0 Å². The van der Waals surface area contributed by atoms with Crippen LogP contribution in [0.1, 0.15) is 25.7 Å². The van der Waals surface area contributed by atoms with E-state index in [0.717, 1.165) is 38.8 Å². The van der Waals surface area contributed by atoms with Crippen LogP contribution in [0.15, 0.2) is 18.2 Å². The van der Waals surface area contributed by atoms with Crippen molar-refractivity contribution < 1.29 is 13.9 Å². The van der Waals surface area contributed by atoms with Crippen LogP contribution in [0.25, 0.3) is 0 Å². The zero-order valence-corrected chi connectivity index (χ0v) is 15.7. The summed E-state index contributed by atoms with van der Waals surface area (Å²) in [4.78, 5) is 12.2. The Morgan fingerprint density at radius 1 is 1.28 bits per heavy atom. The molecule has 1 aromatic rings. The standard InChI is InChI=1S/C17H24FN3O2.2ClH/c18-15-9-13(21-17(22)12-3-1-7-19-10-12)5-6-16(15)20-11-14-4-2-8-23-14;;/h5-6,9,12,14,19-20H,1-4,7-8,10-11H2,(H,21,22);2*1H. The second kappa shape index (κ2) is 10.8. The lowest BCUT2D eigenvalue weighted by molar-refractivity contribution is -0.120. The van der Waals surface area contributed by atoms with Crippen molar-refractivity contribution in [2.75, 3.05) is 36.9 Å². The Balaban J connectivity index is 0.00000156. The van der Waals surface area contributed by atoms with E-state index in [1.165, 1.54) is 6.07 Å². The first-order valence-electron chi connectivity index (χ1n) is 8.39. The zero-order chi connectivity index (χ0) is 16.1. The average Bonchev–Trinajstić information content (AvgIpc) is 3.08. The fourth-order valence-electron chi connectivity index (χ4n) is 3.09. The second-order valence-corrected chi connectivity index (χ2v) is 6.24. The van der Waals surface area contributed by atoms with E-state index in [4.69, 9.17) is 4.74 Å². The van der Waals surface area contributed by atoms with E-state index in [2.05, 4.69) is 16.0 Å². The molecule has 2 fully saturated rings. The maximum absolute atomic E-state index is 14.1. The number of hydrogen-bond acceptors (Lipinski definition) is 4. The number of amides is 1. The minimum Gasteiger partial charge on any atom is -0.380 e. The van der Waals surface area contributed by atoms with Crippen LogP contribution in [0.5, 0.6) is 0 Å². The Kier molecular flexibility index (Phi) is 9.50. The number of nitrogens with one attached hydrogen (secondary N) is 3. The van der Waals surface area contributed by atoms with Crippen LogP contribution in [-0.4, -0.2) is 38.3 Å². The van der Waals surface area contributed by atoms with Gasteiger partial charge in [0.1, 0.15) is 5.82 Å². The van der Waals surface area contributed by atoms with E-state index in [1.54, 1.807) is 12.1 Å². The van der Waals surface area contributed by atoms with Crippen molar-refractivity contribution in [3.8, 4) is 0 Å². The first-order valence-corrected chi connectivity index (χ1v) is 8.39. The Morgan fingerprint density at radius 3 is 2.76 bits per heavy atom. The maximum atomic E-state index is 14.1.